The van der Waals surface area contributed by atoms with Gasteiger partial charge in [0.15, 0.2) is 0 Å². The second-order valence-corrected chi connectivity index (χ2v) is 16.8. The molecular formula is C39H49N5O7S. The molecule has 3 amide bonds. The minimum atomic E-state index is -3.55. The first-order valence-corrected chi connectivity index (χ1v) is 19.6. The van der Waals surface area contributed by atoms with Crippen LogP contribution in [0.2, 0.25) is 0 Å². The van der Waals surface area contributed by atoms with Gasteiger partial charge in [0.05, 0.1) is 46.5 Å². The molecule has 1 aromatic carbocycles. The lowest BCUT2D eigenvalue weighted by atomic mass is 9.94. The van der Waals surface area contributed by atoms with Gasteiger partial charge < -0.3 is 20.1 Å². The van der Waals surface area contributed by atoms with E-state index < -0.39 is 50.4 Å². The maximum Gasteiger partial charge on any atom is 0.239 e. The van der Waals surface area contributed by atoms with Crippen LogP contribution in [0.5, 0.6) is 11.5 Å². The summed E-state index contributed by atoms with van der Waals surface area (Å²) in [6.07, 6.45) is 8.48. The minimum absolute atomic E-state index is 0.0113. The number of sulfonamides is 1. The highest BCUT2D eigenvalue weighted by Gasteiger charge is 2.56. The summed E-state index contributed by atoms with van der Waals surface area (Å²) in [6.45, 7) is 6.19. The van der Waals surface area contributed by atoms with Gasteiger partial charge in [-0.2, -0.15) is 0 Å². The number of benzene rings is 1. The van der Waals surface area contributed by atoms with Gasteiger partial charge in [-0.05, 0) is 95.4 Å². The number of fused-ring (bicyclic) bond motifs is 1. The molecule has 2 heterocycles. The number of primary amides is 1. The van der Waals surface area contributed by atoms with Crippen LogP contribution in [-0.4, -0.2) is 73.1 Å². The molecule has 3 fully saturated rings. The number of hydrogen-bond donors (Lipinski definition) is 2. The number of amides is 3. The Hall–Kier alpha value is -4.52. The summed E-state index contributed by atoms with van der Waals surface area (Å²) in [7, 11) is -0.183. The fraction of sp³-hybridized carbons (Fsp3) is 0.513. The quantitative estimate of drug-likeness (QED) is 0.161. The lowest BCUT2D eigenvalue weighted by Crippen LogP contribution is -2.39. The van der Waals surface area contributed by atoms with E-state index in [1.807, 2.05) is 62.4 Å². The summed E-state index contributed by atoms with van der Waals surface area (Å²) in [5.41, 5.74) is 8.94. The third kappa shape index (κ3) is 7.94. The Morgan fingerprint density at radius 2 is 1.79 bits per heavy atom. The average Bonchev–Trinajstić information content (AvgIpc) is 4.03. The van der Waals surface area contributed by atoms with Crippen LogP contribution < -0.4 is 19.9 Å². The molecule has 0 aliphatic heterocycles. The number of aromatic nitrogens is 2. The molecule has 3 aromatic rings. The predicted octanol–water partition coefficient (Wildman–Crippen LogP) is 5.00. The Labute approximate surface area is 305 Å². The van der Waals surface area contributed by atoms with Crippen molar-refractivity contribution in [3.8, 4) is 22.9 Å². The van der Waals surface area contributed by atoms with Crippen molar-refractivity contribution in [2.75, 3.05) is 20.7 Å². The van der Waals surface area contributed by atoms with Crippen molar-refractivity contribution in [3.63, 3.8) is 0 Å². The molecule has 3 aliphatic rings. The lowest BCUT2D eigenvalue weighted by Gasteiger charge is -2.23. The molecule has 0 bridgehead atoms. The van der Waals surface area contributed by atoms with E-state index in [1.165, 1.54) is 0 Å². The zero-order valence-electron chi connectivity index (χ0n) is 30.6. The van der Waals surface area contributed by atoms with E-state index in [1.54, 1.807) is 26.0 Å². The van der Waals surface area contributed by atoms with Crippen molar-refractivity contribution in [2.24, 2.45) is 28.9 Å². The number of rotatable bonds is 15. The fourth-order valence-electron chi connectivity index (χ4n) is 7.28. The van der Waals surface area contributed by atoms with Gasteiger partial charge in [0.1, 0.15) is 17.6 Å². The van der Waals surface area contributed by atoms with Gasteiger partial charge in [-0.15, -0.1) is 0 Å². The Morgan fingerprint density at radius 1 is 1.04 bits per heavy atom. The van der Waals surface area contributed by atoms with E-state index in [-0.39, 0.29) is 11.8 Å². The second-order valence-electron chi connectivity index (χ2n) is 14.9. The van der Waals surface area contributed by atoms with Crippen LogP contribution in [0.3, 0.4) is 0 Å². The first-order chi connectivity index (χ1) is 24.7. The number of ether oxygens (including phenoxy) is 2. The monoisotopic (exact) mass is 731 g/mol. The van der Waals surface area contributed by atoms with Gasteiger partial charge in [-0.25, -0.2) is 13.4 Å². The molecular weight excluding hydrogens is 683 g/mol. The molecule has 2 aromatic heterocycles. The van der Waals surface area contributed by atoms with Crippen molar-refractivity contribution >= 4 is 38.6 Å². The molecule has 278 valence electrons. The number of nitrogens with one attached hydrogen (secondary N) is 1. The summed E-state index contributed by atoms with van der Waals surface area (Å²) in [4.78, 5) is 50.2. The summed E-state index contributed by atoms with van der Waals surface area (Å²) >= 11 is 0. The third-order valence-electron chi connectivity index (χ3n) is 10.9. The van der Waals surface area contributed by atoms with Crippen molar-refractivity contribution in [1.82, 2.24) is 19.6 Å². The van der Waals surface area contributed by atoms with E-state index in [0.717, 1.165) is 41.4 Å². The molecule has 0 spiro atoms. The number of pyridine rings is 2. The van der Waals surface area contributed by atoms with Gasteiger partial charge in [0.2, 0.25) is 27.7 Å². The van der Waals surface area contributed by atoms with Gasteiger partial charge in [0, 0.05) is 36.3 Å². The van der Waals surface area contributed by atoms with Gasteiger partial charge >= 0.3 is 0 Å². The zero-order valence-corrected chi connectivity index (χ0v) is 31.4. The largest absolute Gasteiger partial charge is 0.496 e. The number of carbonyl (C=O) groups excluding carboxylic acids is 3. The van der Waals surface area contributed by atoms with E-state index in [4.69, 9.17) is 20.2 Å². The number of unbranched alkanes of at least 4 members (excludes halogenated alkanes) is 2. The summed E-state index contributed by atoms with van der Waals surface area (Å²) < 4.78 is 38.8. The number of aryl methyl sites for hydroxylation is 2. The molecule has 0 radical (unpaired) electrons. The average molecular weight is 732 g/mol. The maximum atomic E-state index is 13.7. The summed E-state index contributed by atoms with van der Waals surface area (Å²) in [5, 5.41) is 0.365. The van der Waals surface area contributed by atoms with Crippen LogP contribution in [0.25, 0.3) is 22.3 Å². The SMILES string of the molecule is COc1ccc2c(O[C@@H]3C[C@@H](C(N)=O)[C@H](C(=O)N(C)CCCC/C=C\[C@@H]4C[C@]4(C)C(=O)NS(=O)(=O)C4CC4)C3)cc(-c3cccc(C)n3)nc2c1C. The van der Waals surface area contributed by atoms with E-state index in [0.29, 0.717) is 61.5 Å². The Kier molecular flexibility index (Phi) is 10.6. The third-order valence-corrected chi connectivity index (χ3v) is 12.7. The van der Waals surface area contributed by atoms with Crippen LogP contribution in [0.4, 0.5) is 0 Å². The molecule has 12 nitrogen and oxygen atoms in total. The number of hydrogen-bond acceptors (Lipinski definition) is 9. The topological polar surface area (TPSA) is 171 Å². The van der Waals surface area contributed by atoms with Crippen LogP contribution in [0, 0.1) is 37.0 Å². The van der Waals surface area contributed by atoms with Gasteiger partial charge in [-0.1, -0.05) is 25.1 Å². The number of methoxy groups -OCH3 is 1. The molecule has 5 atom stereocenters. The standard InChI is InChI=1S/C39H49N5O7S/c1-23-11-10-13-31(41-23)32-21-34(28-16-17-33(50-5)24(2)35(28)42-32)51-26-19-29(36(40)45)30(20-26)37(46)44(4)18-9-7-6-8-12-25-22-39(25,3)38(47)43-52(48,49)27-14-15-27/h8,10-13,16-17,21,25-27,29-30H,6-7,9,14-15,18-20,22H2,1-5H3,(H2,40,45)(H,43,47)/b12-8-/t25-,26-,29-,30-,39+/m1/s1. The molecule has 3 aliphatic carbocycles. The molecule has 52 heavy (non-hydrogen) atoms. The van der Waals surface area contributed by atoms with Crippen molar-refractivity contribution in [3.05, 3.63) is 59.8 Å². The summed E-state index contributed by atoms with van der Waals surface area (Å²) in [5.74, 6) is -1.01. The van der Waals surface area contributed by atoms with Crippen molar-refractivity contribution in [2.45, 2.75) is 83.5 Å². The number of nitrogens with zero attached hydrogens (tertiary/aromatic N) is 3. The number of carbonyl (C=O) groups is 3. The molecule has 0 saturated heterocycles. The number of allylic oxidation sites excluding steroid dienone is 2. The Bertz CT molecular complexity index is 2010. The predicted molar refractivity (Wildman–Crippen MR) is 198 cm³/mol. The van der Waals surface area contributed by atoms with Gasteiger partial charge in [0.25, 0.3) is 0 Å². The first kappa shape index (κ1) is 37.2. The second kappa shape index (κ2) is 14.8. The molecule has 13 heteroatoms. The van der Waals surface area contributed by atoms with Crippen molar-refractivity contribution in [1.29, 1.82) is 0 Å². The molecule has 3 N–H and O–H groups in total. The highest BCUT2D eigenvalue weighted by atomic mass is 32.2. The van der Waals surface area contributed by atoms with Crippen LogP contribution in [0.15, 0.2) is 48.6 Å². The van der Waals surface area contributed by atoms with Gasteiger partial charge in [-0.3, -0.25) is 24.1 Å². The Balaban J connectivity index is 1.05. The normalized spacial score (nSPS) is 24.2. The summed E-state index contributed by atoms with van der Waals surface area (Å²) in [6, 6.07) is 11.4. The van der Waals surface area contributed by atoms with Crippen LogP contribution in [-0.2, 0) is 24.4 Å². The highest BCUT2D eigenvalue weighted by Crippen LogP contribution is 2.53. The van der Waals surface area contributed by atoms with Crippen molar-refractivity contribution < 1.29 is 32.3 Å². The van der Waals surface area contributed by atoms with Crippen LogP contribution in [0.1, 0.15) is 69.5 Å². The minimum Gasteiger partial charge on any atom is -0.496 e. The smallest absolute Gasteiger partial charge is 0.239 e. The van der Waals surface area contributed by atoms with Crippen LogP contribution >= 0.6 is 0 Å². The Morgan fingerprint density at radius 3 is 2.48 bits per heavy atom. The van der Waals surface area contributed by atoms with E-state index >= 15 is 0 Å². The molecule has 0 unspecified atom stereocenters. The maximum absolute atomic E-state index is 13.7. The first-order valence-electron chi connectivity index (χ1n) is 18.1. The molecule has 3 saturated carbocycles. The number of nitrogens with two attached hydrogens (primary N) is 1. The fourth-order valence-corrected chi connectivity index (χ4v) is 8.70. The zero-order chi connectivity index (χ0) is 37.4. The van der Waals surface area contributed by atoms with E-state index in [2.05, 4.69) is 9.71 Å². The molecule has 6 rings (SSSR count). The lowest BCUT2D eigenvalue weighted by molar-refractivity contribution is -0.139. The van der Waals surface area contributed by atoms with E-state index in [9.17, 15) is 22.8 Å². The highest BCUT2D eigenvalue weighted by molar-refractivity contribution is 7.90.